The Morgan fingerprint density at radius 2 is 1.63 bits per heavy atom. The van der Waals surface area contributed by atoms with Crippen molar-refractivity contribution in [2.24, 2.45) is 0 Å². The molecule has 8 heteroatoms. The molecular weight excluding hydrogens is 447 g/mol. The van der Waals surface area contributed by atoms with Crippen molar-refractivity contribution in [2.75, 3.05) is 32.7 Å². The molecule has 1 atom stereocenters. The maximum Gasteiger partial charge on any atom is 0.325 e. The first kappa shape index (κ1) is 23.0. The normalized spacial score (nSPS) is 21.0. The van der Waals surface area contributed by atoms with E-state index in [9.17, 15) is 18.8 Å². The average molecular weight is 475 g/mol. The van der Waals surface area contributed by atoms with Crippen LogP contribution >= 0.6 is 0 Å². The number of amides is 4. The molecule has 7 nitrogen and oxygen atoms in total. The molecular formula is C27H27FN4O3. The Balaban J connectivity index is 1.19. The number of benzene rings is 3. The number of urea groups is 1. The smallest absolute Gasteiger partial charge is 0.325 e. The molecule has 2 aliphatic rings. The van der Waals surface area contributed by atoms with E-state index in [0.717, 1.165) is 11.4 Å². The minimum absolute atomic E-state index is 0.262. The van der Waals surface area contributed by atoms with Gasteiger partial charge in [-0.1, -0.05) is 54.6 Å². The summed E-state index contributed by atoms with van der Waals surface area (Å²) in [5.41, 5.74) is 0.388. The molecule has 180 valence electrons. The van der Waals surface area contributed by atoms with Crippen molar-refractivity contribution in [3.05, 3.63) is 83.7 Å². The van der Waals surface area contributed by atoms with Gasteiger partial charge in [-0.05, 0) is 41.0 Å². The Labute approximate surface area is 203 Å². The molecule has 0 bridgehead atoms. The van der Waals surface area contributed by atoms with Crippen LogP contribution < -0.4 is 5.32 Å². The highest BCUT2D eigenvalue weighted by Gasteiger charge is 2.49. The number of nitrogens with one attached hydrogen (secondary N) is 1. The fraction of sp³-hybridized carbons (Fsp3) is 0.296. The number of carbonyl (C=O) groups excluding carboxylic acids is 3. The highest BCUT2D eigenvalue weighted by Crippen LogP contribution is 2.29. The highest BCUT2D eigenvalue weighted by atomic mass is 19.1. The van der Waals surface area contributed by atoms with Crippen LogP contribution in [0, 0.1) is 5.82 Å². The van der Waals surface area contributed by atoms with Gasteiger partial charge in [-0.2, -0.15) is 0 Å². The van der Waals surface area contributed by atoms with Crippen LogP contribution in [-0.4, -0.2) is 65.3 Å². The van der Waals surface area contributed by atoms with Crippen LogP contribution in [0.15, 0.2) is 66.7 Å². The van der Waals surface area contributed by atoms with Gasteiger partial charge in [0.1, 0.15) is 17.9 Å². The lowest BCUT2D eigenvalue weighted by Crippen LogP contribution is -2.51. The predicted octanol–water partition coefficient (Wildman–Crippen LogP) is 3.09. The van der Waals surface area contributed by atoms with Gasteiger partial charge in [0, 0.05) is 32.7 Å². The van der Waals surface area contributed by atoms with Crippen LogP contribution in [0.3, 0.4) is 0 Å². The van der Waals surface area contributed by atoms with Gasteiger partial charge in [-0.25, -0.2) is 9.18 Å². The molecule has 1 N–H and O–H groups in total. The maximum absolute atomic E-state index is 13.3. The summed E-state index contributed by atoms with van der Waals surface area (Å²) in [7, 11) is 0. The van der Waals surface area contributed by atoms with Crippen molar-refractivity contribution in [3.63, 3.8) is 0 Å². The first-order valence-electron chi connectivity index (χ1n) is 11.7. The predicted molar refractivity (Wildman–Crippen MR) is 130 cm³/mol. The van der Waals surface area contributed by atoms with Gasteiger partial charge >= 0.3 is 6.03 Å². The molecule has 3 aromatic carbocycles. The molecule has 2 heterocycles. The summed E-state index contributed by atoms with van der Waals surface area (Å²) < 4.78 is 13.3. The van der Waals surface area contributed by atoms with Gasteiger partial charge in [-0.3, -0.25) is 19.4 Å². The lowest BCUT2D eigenvalue weighted by atomic mass is 9.92. The zero-order valence-electron chi connectivity index (χ0n) is 19.5. The third kappa shape index (κ3) is 4.37. The van der Waals surface area contributed by atoms with E-state index in [2.05, 4.69) is 40.5 Å². The van der Waals surface area contributed by atoms with Crippen molar-refractivity contribution in [1.82, 2.24) is 20.0 Å². The molecule has 2 fully saturated rings. The average Bonchev–Trinajstić information content (AvgIpc) is 3.08. The fourth-order valence-corrected chi connectivity index (χ4v) is 4.88. The van der Waals surface area contributed by atoms with E-state index in [0.29, 0.717) is 31.7 Å². The third-order valence-electron chi connectivity index (χ3n) is 6.99. The summed E-state index contributed by atoms with van der Waals surface area (Å²) in [6.07, 6.45) is 0. The lowest BCUT2D eigenvalue weighted by molar-refractivity contribution is -0.139. The summed E-state index contributed by atoms with van der Waals surface area (Å²) in [6, 6.07) is 19.4. The van der Waals surface area contributed by atoms with Gasteiger partial charge in [0.05, 0.1) is 0 Å². The molecule has 0 radical (unpaired) electrons. The van der Waals surface area contributed by atoms with Crippen molar-refractivity contribution < 1.29 is 18.8 Å². The van der Waals surface area contributed by atoms with E-state index in [1.165, 1.54) is 40.6 Å². The van der Waals surface area contributed by atoms with E-state index in [1.807, 2.05) is 12.1 Å². The first-order chi connectivity index (χ1) is 16.8. The number of carbonyl (C=O) groups is 3. The monoisotopic (exact) mass is 474 g/mol. The molecule has 0 saturated carbocycles. The standard InChI is InChI=1S/C27H27FN4O3/c1-27(21-9-11-22(28)12-10-21)25(34)32(26(35)29-27)18-24(33)31-15-13-30(14-16-31)17-20-7-4-6-19-5-2-3-8-23(19)20/h2-12H,13-18H2,1H3,(H,29,35). The summed E-state index contributed by atoms with van der Waals surface area (Å²) in [5.74, 6) is -1.21. The largest absolute Gasteiger partial charge is 0.339 e. The summed E-state index contributed by atoms with van der Waals surface area (Å²) in [5, 5.41) is 5.10. The topological polar surface area (TPSA) is 73.0 Å². The van der Waals surface area contributed by atoms with E-state index >= 15 is 0 Å². The van der Waals surface area contributed by atoms with Crippen molar-refractivity contribution >= 4 is 28.6 Å². The molecule has 2 aliphatic heterocycles. The van der Waals surface area contributed by atoms with Crippen LogP contribution in [0.1, 0.15) is 18.1 Å². The fourth-order valence-electron chi connectivity index (χ4n) is 4.88. The molecule has 0 spiro atoms. The van der Waals surface area contributed by atoms with Crippen molar-refractivity contribution in [3.8, 4) is 0 Å². The Bertz CT molecular complexity index is 1280. The van der Waals surface area contributed by atoms with E-state index in [4.69, 9.17) is 0 Å². The minimum Gasteiger partial charge on any atom is -0.339 e. The number of fused-ring (bicyclic) bond motifs is 1. The van der Waals surface area contributed by atoms with Gasteiger partial charge in [-0.15, -0.1) is 0 Å². The number of rotatable bonds is 5. The molecule has 0 aliphatic carbocycles. The van der Waals surface area contributed by atoms with E-state index < -0.39 is 23.3 Å². The Kier molecular flexibility index (Phi) is 5.98. The number of piperazine rings is 1. The van der Waals surface area contributed by atoms with Crippen LogP contribution in [-0.2, 0) is 21.7 Å². The van der Waals surface area contributed by atoms with Crippen LogP contribution in [0.25, 0.3) is 10.8 Å². The third-order valence-corrected chi connectivity index (χ3v) is 6.99. The second-order valence-electron chi connectivity index (χ2n) is 9.25. The van der Waals surface area contributed by atoms with Crippen molar-refractivity contribution in [1.29, 1.82) is 0 Å². The highest BCUT2D eigenvalue weighted by molar-refractivity contribution is 6.09. The second kappa shape index (κ2) is 9.11. The SMILES string of the molecule is CC1(c2ccc(F)cc2)NC(=O)N(CC(=O)N2CCN(Cc3cccc4ccccc34)CC2)C1=O. The number of hydrogen-bond donors (Lipinski definition) is 1. The number of hydrogen-bond acceptors (Lipinski definition) is 4. The number of imide groups is 1. The molecule has 2 saturated heterocycles. The Hall–Kier alpha value is -3.78. The first-order valence-corrected chi connectivity index (χ1v) is 11.7. The zero-order valence-corrected chi connectivity index (χ0v) is 19.5. The second-order valence-corrected chi connectivity index (χ2v) is 9.25. The van der Waals surface area contributed by atoms with Gasteiger partial charge in [0.25, 0.3) is 5.91 Å². The Morgan fingerprint density at radius 1 is 0.943 bits per heavy atom. The summed E-state index contributed by atoms with van der Waals surface area (Å²) >= 11 is 0. The molecule has 0 aromatic heterocycles. The minimum atomic E-state index is -1.33. The van der Waals surface area contributed by atoms with Gasteiger partial charge < -0.3 is 10.2 Å². The molecule has 4 amide bonds. The van der Waals surface area contributed by atoms with E-state index in [1.54, 1.807) is 11.8 Å². The van der Waals surface area contributed by atoms with Gasteiger partial charge in [0.2, 0.25) is 5.91 Å². The van der Waals surface area contributed by atoms with E-state index in [-0.39, 0.29) is 12.5 Å². The maximum atomic E-state index is 13.3. The molecule has 5 rings (SSSR count). The summed E-state index contributed by atoms with van der Waals surface area (Å²) in [6.45, 7) is 4.53. The molecule has 35 heavy (non-hydrogen) atoms. The molecule has 1 unspecified atom stereocenters. The number of nitrogens with zero attached hydrogens (tertiary/aromatic N) is 3. The van der Waals surface area contributed by atoms with Crippen LogP contribution in [0.2, 0.25) is 0 Å². The van der Waals surface area contributed by atoms with Crippen LogP contribution in [0.4, 0.5) is 9.18 Å². The zero-order chi connectivity index (χ0) is 24.6. The Morgan fingerprint density at radius 3 is 2.37 bits per heavy atom. The lowest BCUT2D eigenvalue weighted by Gasteiger charge is -2.35. The molecule has 3 aromatic rings. The number of halogens is 1. The van der Waals surface area contributed by atoms with Crippen molar-refractivity contribution in [2.45, 2.75) is 19.0 Å². The van der Waals surface area contributed by atoms with Crippen LogP contribution in [0.5, 0.6) is 0 Å². The van der Waals surface area contributed by atoms with Gasteiger partial charge in [0.15, 0.2) is 0 Å². The summed E-state index contributed by atoms with van der Waals surface area (Å²) in [4.78, 5) is 43.6. The quantitative estimate of drug-likeness (QED) is 0.577.